The molecule has 0 saturated heterocycles. The summed E-state index contributed by atoms with van der Waals surface area (Å²) in [6, 6.07) is 17.2. The van der Waals surface area contributed by atoms with Crippen molar-refractivity contribution in [1.29, 1.82) is 0 Å². The number of methoxy groups -OCH3 is 2. The number of hydrogen-bond acceptors (Lipinski definition) is 4. The van der Waals surface area contributed by atoms with E-state index in [1.54, 1.807) is 26.4 Å². The Morgan fingerprint density at radius 2 is 1.77 bits per heavy atom. The van der Waals surface area contributed by atoms with E-state index >= 15 is 0 Å². The molecule has 6 heteroatoms. The van der Waals surface area contributed by atoms with Crippen LogP contribution in [0.15, 0.2) is 73.1 Å². The van der Waals surface area contributed by atoms with Crippen molar-refractivity contribution in [3.63, 3.8) is 0 Å². The van der Waals surface area contributed by atoms with Gasteiger partial charge in [-0.05, 0) is 60.5 Å². The maximum atomic E-state index is 12.3. The third-order valence-electron chi connectivity index (χ3n) is 4.90. The zero-order valence-electron chi connectivity index (χ0n) is 17.6. The number of carbonyl (C=O) groups is 1. The minimum atomic E-state index is -0.217. The quantitative estimate of drug-likeness (QED) is 0.453. The molecular weight excluding hydrogens is 390 g/mol. The van der Waals surface area contributed by atoms with E-state index in [0.29, 0.717) is 17.2 Å². The third-order valence-corrected chi connectivity index (χ3v) is 4.90. The fourth-order valence-electron chi connectivity index (χ4n) is 3.26. The van der Waals surface area contributed by atoms with Gasteiger partial charge in [0, 0.05) is 29.7 Å². The highest BCUT2D eigenvalue weighted by Crippen LogP contribution is 2.28. The second-order valence-electron chi connectivity index (χ2n) is 7.11. The maximum absolute atomic E-state index is 12.3. The number of ether oxygens (including phenoxy) is 2. The first-order valence-corrected chi connectivity index (χ1v) is 9.82. The van der Waals surface area contributed by atoms with Crippen LogP contribution < -0.4 is 14.8 Å². The van der Waals surface area contributed by atoms with Gasteiger partial charge in [-0.25, -0.2) is 4.98 Å². The topological polar surface area (TPSA) is 64.9 Å². The first-order chi connectivity index (χ1) is 15.1. The molecule has 0 aliphatic heterocycles. The molecule has 0 bridgehead atoms. The summed E-state index contributed by atoms with van der Waals surface area (Å²) in [6.07, 6.45) is 7.21. The number of aryl methyl sites for hydroxylation is 1. The van der Waals surface area contributed by atoms with Crippen molar-refractivity contribution >= 4 is 23.3 Å². The maximum Gasteiger partial charge on any atom is 0.248 e. The van der Waals surface area contributed by atoms with Gasteiger partial charge in [-0.3, -0.25) is 4.79 Å². The van der Waals surface area contributed by atoms with E-state index in [-0.39, 0.29) is 5.91 Å². The van der Waals surface area contributed by atoms with Gasteiger partial charge < -0.3 is 19.2 Å². The Balaban J connectivity index is 1.43. The molecule has 0 spiro atoms. The van der Waals surface area contributed by atoms with E-state index in [4.69, 9.17) is 9.47 Å². The smallest absolute Gasteiger partial charge is 0.248 e. The second kappa shape index (κ2) is 8.75. The van der Waals surface area contributed by atoms with E-state index in [2.05, 4.69) is 10.3 Å². The predicted octanol–water partition coefficient (Wildman–Crippen LogP) is 4.98. The SMILES string of the molecule is COc1ccc(/C=C/C(=O)Nc2ccc(-c3cn4ccc(C)cc4n3)cc2)cc1OC. The molecule has 2 heterocycles. The van der Waals surface area contributed by atoms with Gasteiger partial charge >= 0.3 is 0 Å². The molecule has 6 nitrogen and oxygen atoms in total. The Kier molecular flexibility index (Phi) is 5.71. The van der Waals surface area contributed by atoms with Gasteiger partial charge in [0.25, 0.3) is 0 Å². The van der Waals surface area contributed by atoms with Gasteiger partial charge in [0.05, 0.1) is 19.9 Å². The van der Waals surface area contributed by atoms with Crippen LogP contribution in [0, 0.1) is 6.92 Å². The Labute approximate surface area is 180 Å². The Hall–Kier alpha value is -4.06. The number of rotatable bonds is 6. The molecular formula is C25H23N3O3. The molecule has 0 unspecified atom stereocenters. The first-order valence-electron chi connectivity index (χ1n) is 9.82. The molecule has 4 aromatic rings. The molecule has 2 aromatic carbocycles. The number of carbonyl (C=O) groups excluding carboxylic acids is 1. The zero-order chi connectivity index (χ0) is 21.8. The lowest BCUT2D eigenvalue weighted by Crippen LogP contribution is -2.07. The molecule has 0 atom stereocenters. The van der Waals surface area contributed by atoms with Crippen LogP contribution in [0.4, 0.5) is 5.69 Å². The number of anilines is 1. The van der Waals surface area contributed by atoms with Crippen LogP contribution in [0.2, 0.25) is 0 Å². The lowest BCUT2D eigenvalue weighted by atomic mass is 10.1. The van der Waals surface area contributed by atoms with Gasteiger partial charge in [-0.15, -0.1) is 0 Å². The Bertz CT molecular complexity index is 1260. The largest absolute Gasteiger partial charge is 0.493 e. The fraction of sp³-hybridized carbons (Fsp3) is 0.120. The molecule has 1 N–H and O–H groups in total. The predicted molar refractivity (Wildman–Crippen MR) is 123 cm³/mol. The number of nitrogens with one attached hydrogen (secondary N) is 1. The number of pyridine rings is 1. The normalized spacial score (nSPS) is 11.1. The zero-order valence-corrected chi connectivity index (χ0v) is 17.6. The Morgan fingerprint density at radius 1 is 1.00 bits per heavy atom. The second-order valence-corrected chi connectivity index (χ2v) is 7.11. The van der Waals surface area contributed by atoms with E-state index in [9.17, 15) is 4.79 Å². The minimum absolute atomic E-state index is 0.217. The minimum Gasteiger partial charge on any atom is -0.493 e. The number of amides is 1. The number of nitrogens with zero attached hydrogens (tertiary/aromatic N) is 2. The Morgan fingerprint density at radius 3 is 2.52 bits per heavy atom. The number of hydrogen-bond donors (Lipinski definition) is 1. The summed E-state index contributed by atoms with van der Waals surface area (Å²) in [7, 11) is 3.16. The van der Waals surface area contributed by atoms with Crippen molar-refractivity contribution in [2.45, 2.75) is 6.92 Å². The number of imidazole rings is 1. The van der Waals surface area contributed by atoms with E-state index in [0.717, 1.165) is 22.5 Å². The summed E-state index contributed by atoms with van der Waals surface area (Å²) in [5.74, 6) is 1.04. The molecule has 0 saturated carbocycles. The van der Waals surface area contributed by atoms with Crippen molar-refractivity contribution in [3.8, 4) is 22.8 Å². The lowest BCUT2D eigenvalue weighted by Gasteiger charge is -2.07. The molecule has 156 valence electrons. The summed E-state index contributed by atoms with van der Waals surface area (Å²) in [6.45, 7) is 2.05. The summed E-state index contributed by atoms with van der Waals surface area (Å²) in [4.78, 5) is 17.0. The number of benzene rings is 2. The van der Waals surface area contributed by atoms with Crippen LogP contribution >= 0.6 is 0 Å². The van der Waals surface area contributed by atoms with Crippen molar-refractivity contribution < 1.29 is 14.3 Å². The average Bonchev–Trinajstić information content (AvgIpc) is 3.21. The molecule has 0 aliphatic rings. The van der Waals surface area contributed by atoms with Crippen molar-refractivity contribution in [3.05, 3.63) is 84.2 Å². The fourth-order valence-corrected chi connectivity index (χ4v) is 3.26. The molecule has 2 aromatic heterocycles. The molecule has 1 amide bonds. The summed E-state index contributed by atoms with van der Waals surface area (Å²) < 4.78 is 12.5. The van der Waals surface area contributed by atoms with Crippen LogP contribution in [-0.2, 0) is 4.79 Å². The van der Waals surface area contributed by atoms with Gasteiger partial charge in [0.2, 0.25) is 5.91 Å². The molecule has 31 heavy (non-hydrogen) atoms. The van der Waals surface area contributed by atoms with Crippen molar-refractivity contribution in [2.75, 3.05) is 19.5 Å². The van der Waals surface area contributed by atoms with E-state index in [1.165, 1.54) is 11.6 Å². The summed E-state index contributed by atoms with van der Waals surface area (Å²) in [5, 5.41) is 2.87. The highest BCUT2D eigenvalue weighted by atomic mass is 16.5. The highest BCUT2D eigenvalue weighted by molar-refractivity contribution is 6.02. The standard InChI is InChI=1S/C25H23N3O3/c1-17-12-13-28-16-21(27-24(28)14-17)19-6-8-20(9-7-19)26-25(29)11-5-18-4-10-22(30-2)23(15-18)31-3/h4-16H,1-3H3,(H,26,29)/b11-5+. The number of fused-ring (bicyclic) bond motifs is 1. The van der Waals surface area contributed by atoms with Crippen LogP contribution in [-0.4, -0.2) is 29.5 Å². The lowest BCUT2D eigenvalue weighted by molar-refractivity contribution is -0.111. The van der Waals surface area contributed by atoms with E-state index in [1.807, 2.05) is 72.2 Å². The monoisotopic (exact) mass is 413 g/mol. The molecule has 0 fully saturated rings. The van der Waals surface area contributed by atoms with Crippen LogP contribution in [0.3, 0.4) is 0 Å². The number of aromatic nitrogens is 2. The average molecular weight is 413 g/mol. The van der Waals surface area contributed by atoms with Crippen LogP contribution in [0.5, 0.6) is 11.5 Å². The molecule has 0 radical (unpaired) electrons. The highest BCUT2D eigenvalue weighted by Gasteiger charge is 2.06. The van der Waals surface area contributed by atoms with Crippen LogP contribution in [0.1, 0.15) is 11.1 Å². The van der Waals surface area contributed by atoms with Gasteiger partial charge in [0.15, 0.2) is 11.5 Å². The van der Waals surface area contributed by atoms with Gasteiger partial charge in [0.1, 0.15) is 5.65 Å². The van der Waals surface area contributed by atoms with Gasteiger partial charge in [-0.1, -0.05) is 18.2 Å². The molecule has 0 aliphatic carbocycles. The van der Waals surface area contributed by atoms with Crippen molar-refractivity contribution in [1.82, 2.24) is 9.38 Å². The van der Waals surface area contributed by atoms with Crippen molar-refractivity contribution in [2.24, 2.45) is 0 Å². The van der Waals surface area contributed by atoms with Crippen LogP contribution in [0.25, 0.3) is 23.0 Å². The summed E-state index contributed by atoms with van der Waals surface area (Å²) >= 11 is 0. The summed E-state index contributed by atoms with van der Waals surface area (Å²) in [5.41, 5.74) is 5.50. The first kappa shape index (κ1) is 20.2. The third kappa shape index (κ3) is 4.59. The van der Waals surface area contributed by atoms with E-state index < -0.39 is 0 Å². The molecule has 4 rings (SSSR count). The van der Waals surface area contributed by atoms with Gasteiger partial charge in [-0.2, -0.15) is 0 Å².